The van der Waals surface area contributed by atoms with Gasteiger partial charge in [0, 0.05) is 5.54 Å². The Balaban J connectivity index is 2.40. The van der Waals surface area contributed by atoms with Gasteiger partial charge in [0.15, 0.2) is 0 Å². The average Bonchev–Trinajstić information content (AvgIpc) is 2.53. The van der Waals surface area contributed by atoms with Gasteiger partial charge in [0.25, 0.3) is 0 Å². The third kappa shape index (κ3) is 2.52. The minimum absolute atomic E-state index is 0.0673. The fraction of sp³-hybridized carbons (Fsp3) is 0.933. The summed E-state index contributed by atoms with van der Waals surface area (Å²) in [6.45, 7) is 9.18. The molecule has 20 heavy (non-hydrogen) atoms. The van der Waals surface area contributed by atoms with Gasteiger partial charge in [-0.2, -0.15) is 0 Å². The average molecular weight is 286 g/mol. The highest BCUT2D eigenvalue weighted by Gasteiger charge is 2.57. The number of hydrogen-bond acceptors (Lipinski definition) is 2. The van der Waals surface area contributed by atoms with Gasteiger partial charge in [0.1, 0.15) is 6.17 Å². The second-order valence-electron chi connectivity index (χ2n) is 7.51. The highest BCUT2D eigenvalue weighted by molar-refractivity contribution is 5.67. The Bertz CT molecular complexity index is 375. The first-order valence-corrected chi connectivity index (χ1v) is 7.56. The quantitative estimate of drug-likeness (QED) is 0.779. The zero-order valence-corrected chi connectivity index (χ0v) is 12.9. The number of halogens is 1. The minimum atomic E-state index is -1.07. The van der Waals surface area contributed by atoms with Crippen molar-refractivity contribution >= 4 is 6.09 Å². The summed E-state index contributed by atoms with van der Waals surface area (Å²) >= 11 is 0. The summed E-state index contributed by atoms with van der Waals surface area (Å²) in [5.41, 5.74) is -0.779. The van der Waals surface area contributed by atoms with Crippen LogP contribution in [0.4, 0.5) is 9.18 Å². The van der Waals surface area contributed by atoms with Crippen molar-refractivity contribution in [3.63, 3.8) is 0 Å². The fourth-order valence-corrected chi connectivity index (χ4v) is 4.19. The van der Waals surface area contributed by atoms with E-state index in [2.05, 4.69) is 5.32 Å². The van der Waals surface area contributed by atoms with E-state index in [1.807, 2.05) is 27.7 Å². The molecule has 2 N–H and O–H groups in total. The molecule has 1 amide bonds. The van der Waals surface area contributed by atoms with Gasteiger partial charge in [-0.25, -0.2) is 9.18 Å². The van der Waals surface area contributed by atoms with Gasteiger partial charge in [-0.05, 0) is 64.5 Å². The molecule has 0 aromatic carbocycles. The Morgan fingerprint density at radius 1 is 1.35 bits per heavy atom. The largest absolute Gasteiger partial charge is 0.465 e. The van der Waals surface area contributed by atoms with Crippen molar-refractivity contribution in [1.29, 1.82) is 0 Å². The monoisotopic (exact) mass is 286 g/mol. The Labute approximate surface area is 120 Å². The van der Waals surface area contributed by atoms with Crippen molar-refractivity contribution in [3.8, 4) is 0 Å². The molecule has 1 heterocycles. The lowest BCUT2D eigenvalue weighted by Crippen LogP contribution is -2.60. The molecule has 0 radical (unpaired) electrons. The van der Waals surface area contributed by atoms with Crippen LogP contribution in [-0.4, -0.2) is 46.9 Å². The highest BCUT2D eigenvalue weighted by atomic mass is 19.1. The summed E-state index contributed by atoms with van der Waals surface area (Å²) in [6.07, 6.45) is 0.450. The molecular weight excluding hydrogens is 259 g/mol. The molecular formula is C15H27FN2O2. The molecule has 0 aromatic rings. The van der Waals surface area contributed by atoms with Crippen LogP contribution in [0.1, 0.15) is 47.0 Å². The summed E-state index contributed by atoms with van der Waals surface area (Å²) < 4.78 is 14.8. The standard InChI is InChI=1S/C15H27FN2O2/c1-10-9-15(5-7-17-8-6-15)12(11(10)16)18(13(19)20)14(2,3)4/h10-12,17H,5-9H2,1-4H3,(H,19,20)/t10-,11+,12+/m1/s1. The fourth-order valence-electron chi connectivity index (χ4n) is 4.19. The predicted octanol–water partition coefficient (Wildman–Crippen LogP) is 2.88. The number of rotatable bonds is 1. The first kappa shape index (κ1) is 15.5. The SMILES string of the molecule is C[C@@H]1CC2(CCNCC2)[C@@H](N(C(=O)O)C(C)(C)C)[C@H]1F. The Kier molecular flexibility index (Phi) is 4.02. The van der Waals surface area contributed by atoms with Crippen LogP contribution in [0.15, 0.2) is 0 Å². The van der Waals surface area contributed by atoms with Crippen LogP contribution >= 0.6 is 0 Å². The van der Waals surface area contributed by atoms with Crippen LogP contribution in [0.5, 0.6) is 0 Å². The molecule has 116 valence electrons. The second-order valence-corrected chi connectivity index (χ2v) is 7.51. The second kappa shape index (κ2) is 5.17. The van der Waals surface area contributed by atoms with Crippen LogP contribution in [-0.2, 0) is 0 Å². The first-order chi connectivity index (χ1) is 9.19. The number of amides is 1. The number of nitrogens with one attached hydrogen (secondary N) is 1. The third-order valence-electron chi connectivity index (χ3n) is 5.01. The summed E-state index contributed by atoms with van der Waals surface area (Å²) in [7, 11) is 0. The molecule has 1 saturated heterocycles. The lowest BCUT2D eigenvalue weighted by molar-refractivity contribution is -0.0124. The van der Waals surface area contributed by atoms with E-state index < -0.39 is 23.8 Å². The summed E-state index contributed by atoms with van der Waals surface area (Å²) in [5, 5.41) is 12.9. The van der Waals surface area contributed by atoms with Gasteiger partial charge in [-0.1, -0.05) is 6.92 Å². The molecule has 0 unspecified atom stereocenters. The van der Waals surface area contributed by atoms with Crippen LogP contribution in [0.25, 0.3) is 0 Å². The van der Waals surface area contributed by atoms with Gasteiger partial charge < -0.3 is 10.4 Å². The van der Waals surface area contributed by atoms with Gasteiger partial charge in [0.05, 0.1) is 6.04 Å². The normalized spacial score (nSPS) is 33.4. The molecule has 2 rings (SSSR count). The molecule has 5 heteroatoms. The molecule has 1 saturated carbocycles. The smallest absolute Gasteiger partial charge is 0.408 e. The lowest BCUT2D eigenvalue weighted by atomic mass is 9.72. The summed E-state index contributed by atoms with van der Waals surface area (Å²) in [5.74, 6) is -0.0673. The maximum atomic E-state index is 14.8. The predicted molar refractivity (Wildman–Crippen MR) is 76.6 cm³/mol. The number of carboxylic acid groups (broad SMARTS) is 1. The number of nitrogens with zero attached hydrogens (tertiary/aromatic N) is 1. The maximum Gasteiger partial charge on any atom is 0.408 e. The van der Waals surface area contributed by atoms with Crippen LogP contribution in [0, 0.1) is 11.3 Å². The van der Waals surface area contributed by atoms with E-state index in [1.54, 1.807) is 0 Å². The van der Waals surface area contributed by atoms with Crippen molar-refractivity contribution < 1.29 is 14.3 Å². The van der Waals surface area contributed by atoms with E-state index in [-0.39, 0.29) is 11.3 Å². The molecule has 0 bridgehead atoms. The molecule has 2 fully saturated rings. The molecule has 1 aliphatic heterocycles. The summed E-state index contributed by atoms with van der Waals surface area (Å²) in [4.78, 5) is 13.1. The Morgan fingerprint density at radius 3 is 2.35 bits per heavy atom. The van der Waals surface area contributed by atoms with E-state index in [0.29, 0.717) is 0 Å². The maximum absolute atomic E-state index is 14.8. The topological polar surface area (TPSA) is 52.6 Å². The van der Waals surface area contributed by atoms with Crippen molar-refractivity contribution in [1.82, 2.24) is 10.2 Å². The van der Waals surface area contributed by atoms with Crippen LogP contribution in [0.3, 0.4) is 0 Å². The third-order valence-corrected chi connectivity index (χ3v) is 5.01. The minimum Gasteiger partial charge on any atom is -0.465 e. The van der Waals surface area contributed by atoms with Crippen molar-refractivity contribution in [2.24, 2.45) is 11.3 Å². The van der Waals surface area contributed by atoms with Gasteiger partial charge >= 0.3 is 6.09 Å². The van der Waals surface area contributed by atoms with Crippen molar-refractivity contribution in [3.05, 3.63) is 0 Å². The van der Waals surface area contributed by atoms with E-state index >= 15 is 0 Å². The van der Waals surface area contributed by atoms with E-state index in [0.717, 1.165) is 32.4 Å². The van der Waals surface area contributed by atoms with Gasteiger partial charge in [-0.15, -0.1) is 0 Å². The van der Waals surface area contributed by atoms with Gasteiger partial charge in [0.2, 0.25) is 0 Å². The zero-order chi connectivity index (χ0) is 15.1. The molecule has 3 atom stereocenters. The van der Waals surface area contributed by atoms with E-state index in [4.69, 9.17) is 0 Å². The zero-order valence-electron chi connectivity index (χ0n) is 12.9. The molecule has 2 aliphatic rings. The van der Waals surface area contributed by atoms with Crippen molar-refractivity contribution in [2.75, 3.05) is 13.1 Å². The highest BCUT2D eigenvalue weighted by Crippen LogP contribution is 2.52. The number of hydrogen-bond donors (Lipinski definition) is 2. The van der Waals surface area contributed by atoms with Crippen LogP contribution in [0.2, 0.25) is 0 Å². The van der Waals surface area contributed by atoms with Gasteiger partial charge in [-0.3, -0.25) is 4.90 Å². The molecule has 1 aliphatic carbocycles. The molecule has 0 aromatic heterocycles. The number of carbonyl (C=O) groups is 1. The number of piperidine rings is 1. The summed E-state index contributed by atoms with van der Waals surface area (Å²) in [6, 6.07) is -0.517. The first-order valence-electron chi connectivity index (χ1n) is 7.56. The molecule has 4 nitrogen and oxygen atoms in total. The Hall–Kier alpha value is -0.840. The lowest BCUT2D eigenvalue weighted by Gasteiger charge is -2.48. The number of alkyl halides is 1. The molecule has 1 spiro atoms. The Morgan fingerprint density at radius 2 is 1.90 bits per heavy atom. The van der Waals surface area contributed by atoms with E-state index in [1.165, 1.54) is 4.90 Å². The van der Waals surface area contributed by atoms with Crippen molar-refractivity contribution in [2.45, 2.75) is 64.7 Å². The van der Waals surface area contributed by atoms with Crippen LogP contribution < -0.4 is 5.32 Å². The van der Waals surface area contributed by atoms with E-state index in [9.17, 15) is 14.3 Å².